The summed E-state index contributed by atoms with van der Waals surface area (Å²) in [4.78, 5) is 0. The average Bonchev–Trinajstić information content (AvgIpc) is 3.69. The van der Waals surface area contributed by atoms with Crippen LogP contribution in [-0.4, -0.2) is 0 Å². The van der Waals surface area contributed by atoms with Crippen LogP contribution in [0.15, 0.2) is 132 Å². The molecule has 0 spiro atoms. The molecule has 1 saturated heterocycles. The van der Waals surface area contributed by atoms with Crippen LogP contribution in [0, 0.1) is 10.8 Å². The topological polar surface area (TPSA) is 0 Å². The Balaban J connectivity index is 0.00000210. The molecule has 6 aromatic rings. The Morgan fingerprint density at radius 2 is 0.808 bits per heavy atom. The maximum Gasteiger partial charge on any atom is -1.00 e. The number of allylic oxidation sites excluding steroid dienone is 2. The van der Waals surface area contributed by atoms with Gasteiger partial charge in [-0.15, -0.1) is 0 Å². The quantitative estimate of drug-likeness (QED) is 0.168. The van der Waals surface area contributed by atoms with E-state index in [9.17, 15) is 0 Å². The van der Waals surface area contributed by atoms with Gasteiger partial charge in [0.1, 0.15) is 0 Å². The molecule has 6 aromatic carbocycles. The van der Waals surface area contributed by atoms with E-state index in [2.05, 4.69) is 175 Å². The molecule has 2 atom stereocenters. The zero-order valence-corrected chi connectivity index (χ0v) is 35.2. The predicted molar refractivity (Wildman–Crippen MR) is 213 cm³/mol. The fourth-order valence-electron chi connectivity index (χ4n) is 10.1. The van der Waals surface area contributed by atoms with Crippen molar-refractivity contribution in [3.8, 4) is 22.3 Å². The Hall–Kier alpha value is -3.22. The molecule has 0 saturated carbocycles. The Labute approximate surface area is 327 Å². The first-order valence-corrected chi connectivity index (χ1v) is 25.0. The van der Waals surface area contributed by atoms with E-state index < -0.39 is 20.3 Å². The maximum absolute atomic E-state index is 3.11. The summed E-state index contributed by atoms with van der Waals surface area (Å²) in [5.41, 5.74) is 15.4. The molecule has 3 aliphatic rings. The predicted octanol–water partition coefficient (Wildman–Crippen LogP) is 8.40. The van der Waals surface area contributed by atoms with Crippen molar-refractivity contribution in [1.82, 2.24) is 0 Å². The first-order valence-electron chi connectivity index (χ1n) is 18.7. The van der Waals surface area contributed by atoms with Gasteiger partial charge in [-0.3, -0.25) is 0 Å². The van der Waals surface area contributed by atoms with Gasteiger partial charge in [0.15, 0.2) is 0 Å². The Bertz CT molecular complexity index is 2220. The van der Waals surface area contributed by atoms with E-state index in [0.717, 1.165) is 0 Å². The van der Waals surface area contributed by atoms with E-state index in [0.29, 0.717) is 7.25 Å². The van der Waals surface area contributed by atoms with E-state index in [1.165, 1.54) is 69.6 Å². The van der Waals surface area contributed by atoms with Crippen molar-refractivity contribution in [1.29, 1.82) is 0 Å². The van der Waals surface area contributed by atoms with Crippen LogP contribution in [0.2, 0.25) is 8.26 Å². The van der Waals surface area contributed by atoms with Gasteiger partial charge >= 0.3 is 305 Å². The Kier molecular flexibility index (Phi) is 9.69. The van der Waals surface area contributed by atoms with E-state index >= 15 is 0 Å². The van der Waals surface area contributed by atoms with Crippen molar-refractivity contribution in [3.05, 3.63) is 155 Å². The van der Waals surface area contributed by atoms with E-state index in [1.54, 1.807) is 22.3 Å². The summed E-state index contributed by atoms with van der Waals surface area (Å²) >= 11 is -3.11. The molecular weight excluding hydrogens is 751 g/mol. The molecular formula is C49H48Cl2Zr. The van der Waals surface area contributed by atoms with Crippen LogP contribution in [0.1, 0.15) is 77.5 Å². The smallest absolute Gasteiger partial charge is 1.00 e. The molecule has 0 N–H and O–H groups in total. The minimum Gasteiger partial charge on any atom is -1.00 e. The second-order valence-corrected chi connectivity index (χ2v) is 28.7. The third kappa shape index (κ3) is 5.73. The zero-order chi connectivity index (χ0) is 34.4. The maximum atomic E-state index is 2.68. The molecule has 0 amide bonds. The summed E-state index contributed by atoms with van der Waals surface area (Å²) in [6.45, 7) is 14.9. The van der Waals surface area contributed by atoms with Crippen LogP contribution in [-0.2, 0) is 20.3 Å². The summed E-state index contributed by atoms with van der Waals surface area (Å²) in [5.74, 6) is 0. The van der Waals surface area contributed by atoms with Crippen molar-refractivity contribution in [3.63, 3.8) is 0 Å². The van der Waals surface area contributed by atoms with Crippen LogP contribution >= 0.6 is 0 Å². The largest absolute Gasteiger partial charge is 1.00 e. The van der Waals surface area contributed by atoms with Gasteiger partial charge < -0.3 is 24.8 Å². The van der Waals surface area contributed by atoms with Gasteiger partial charge in [0.25, 0.3) is 0 Å². The van der Waals surface area contributed by atoms with Gasteiger partial charge in [-0.05, 0) is 0 Å². The molecule has 1 fully saturated rings. The number of rotatable bonds is 4. The molecule has 9 rings (SSSR count). The second-order valence-electron chi connectivity index (χ2n) is 17.3. The second kappa shape index (κ2) is 13.6. The molecule has 262 valence electrons. The van der Waals surface area contributed by atoms with Crippen LogP contribution in [0.3, 0.4) is 0 Å². The molecule has 52 heavy (non-hydrogen) atoms. The van der Waals surface area contributed by atoms with Gasteiger partial charge in [0.05, 0.1) is 0 Å². The van der Waals surface area contributed by atoms with E-state index in [1.807, 2.05) is 0 Å². The summed E-state index contributed by atoms with van der Waals surface area (Å²) in [6.07, 6.45) is 6.74. The number of fused-ring (bicyclic) bond motifs is 4. The first-order chi connectivity index (χ1) is 24.1. The van der Waals surface area contributed by atoms with Crippen LogP contribution in [0.5, 0.6) is 0 Å². The zero-order valence-electron chi connectivity index (χ0n) is 31.2. The molecule has 1 aliphatic heterocycles. The van der Waals surface area contributed by atoms with Crippen molar-refractivity contribution in [2.75, 3.05) is 0 Å². The number of hydrogen-bond donors (Lipinski definition) is 0. The summed E-state index contributed by atoms with van der Waals surface area (Å²) < 4.78 is 4.07. The third-order valence-corrected chi connectivity index (χ3v) is 27.5. The monoisotopic (exact) mass is 796 g/mol. The number of hydrogen-bond acceptors (Lipinski definition) is 0. The van der Waals surface area contributed by atoms with Gasteiger partial charge in [0.2, 0.25) is 0 Å². The van der Waals surface area contributed by atoms with Crippen LogP contribution in [0.25, 0.3) is 56.0 Å². The standard InChI is InChI=1S/2C23H21.C3H6.2ClH.Zr/c2*1-23(2,3)18-14-17-10-7-13-21(22(17)15-18)20-12-6-9-16-8-4-5-11-19(16)20;1-3-2;;;/h2*4-15H,1-3H3;1-3H2;2*1H;/q;;;;;+2/p-2. The Morgan fingerprint density at radius 3 is 1.19 bits per heavy atom. The fraction of sp³-hybridized carbons (Fsp3) is 0.265. The summed E-state index contributed by atoms with van der Waals surface area (Å²) in [5, 5.41) is 5.33. The van der Waals surface area contributed by atoms with Crippen molar-refractivity contribution in [2.24, 2.45) is 10.8 Å². The molecule has 0 radical (unpaired) electrons. The summed E-state index contributed by atoms with van der Waals surface area (Å²) in [7, 11) is 0. The molecule has 0 bridgehead atoms. The molecule has 1 heterocycles. The third-order valence-electron chi connectivity index (χ3n) is 12.4. The van der Waals surface area contributed by atoms with Crippen molar-refractivity contribution < 1.29 is 45.1 Å². The SMILES string of the molecule is CC(C)(C)C1=Cc2c(-c3cccc4ccccc34)cccc2[CH]1[Zr+2]1([CH]2C(C(C)(C)C)=Cc3c(-c4cccc5ccccc45)cccc32)[CH2]C[CH2]1.[Cl-].[Cl-]. The molecule has 0 nitrogen and oxygen atoms in total. The first kappa shape index (κ1) is 37.1. The van der Waals surface area contributed by atoms with E-state index in [4.69, 9.17) is 0 Å². The fourth-order valence-corrected chi connectivity index (χ4v) is 26.5. The summed E-state index contributed by atoms with van der Waals surface area (Å²) in [6, 6.07) is 46.1. The van der Waals surface area contributed by atoms with E-state index in [-0.39, 0.29) is 35.6 Å². The minimum absolute atomic E-state index is 0. The minimum atomic E-state index is -3.11. The number of benzene rings is 6. The van der Waals surface area contributed by atoms with Crippen LogP contribution < -0.4 is 24.8 Å². The van der Waals surface area contributed by atoms with Gasteiger partial charge in [-0.2, -0.15) is 0 Å². The molecule has 2 unspecified atom stereocenters. The number of halogens is 2. The van der Waals surface area contributed by atoms with Crippen molar-refractivity contribution >= 4 is 33.7 Å². The average molecular weight is 799 g/mol. The molecule has 3 heteroatoms. The normalized spacial score (nSPS) is 18.2. The Morgan fingerprint density at radius 1 is 0.442 bits per heavy atom. The van der Waals surface area contributed by atoms with Crippen LogP contribution in [0.4, 0.5) is 0 Å². The molecule has 2 aliphatic carbocycles. The van der Waals surface area contributed by atoms with Crippen molar-refractivity contribution in [2.45, 2.75) is 63.5 Å². The van der Waals surface area contributed by atoms with Gasteiger partial charge in [-0.1, -0.05) is 0 Å². The van der Waals surface area contributed by atoms with Gasteiger partial charge in [-0.25, -0.2) is 0 Å². The molecule has 0 aromatic heterocycles. The van der Waals surface area contributed by atoms with Gasteiger partial charge in [0, 0.05) is 0 Å².